The molecule has 1 aliphatic heterocycles. The van der Waals surface area contributed by atoms with Gasteiger partial charge in [0.2, 0.25) is 0 Å². The summed E-state index contributed by atoms with van der Waals surface area (Å²) >= 11 is 0. The van der Waals surface area contributed by atoms with E-state index >= 15 is 0 Å². The zero-order chi connectivity index (χ0) is 21.3. The van der Waals surface area contributed by atoms with Gasteiger partial charge in [-0.25, -0.2) is 9.78 Å². The topological polar surface area (TPSA) is 69.5 Å². The fourth-order valence-electron chi connectivity index (χ4n) is 4.41. The molecule has 1 fully saturated rings. The van der Waals surface area contributed by atoms with Crippen LogP contribution in [-0.2, 0) is 11.8 Å². The standard InChI is InChI=1S/C23H28N4O3/c1-5-30-23(28)19-14-24-22-20(15(2)25-26(22)3)21(19)27-11-9-16(10-12-27)17-7-6-8-18(13-17)29-4/h6-8,13-14,16H,5,9-12H2,1-4H3. The number of ether oxygens (including phenoxy) is 2. The minimum atomic E-state index is -0.333. The van der Waals surface area contributed by atoms with Crippen LogP contribution in [0, 0.1) is 6.92 Å². The number of hydrogen-bond acceptors (Lipinski definition) is 6. The molecule has 0 saturated carbocycles. The van der Waals surface area contributed by atoms with Crippen LogP contribution in [0.5, 0.6) is 5.75 Å². The maximum atomic E-state index is 12.7. The van der Waals surface area contributed by atoms with E-state index in [0.29, 0.717) is 18.1 Å². The number of pyridine rings is 1. The van der Waals surface area contributed by atoms with E-state index < -0.39 is 0 Å². The second kappa shape index (κ2) is 8.34. The van der Waals surface area contributed by atoms with E-state index in [9.17, 15) is 4.79 Å². The van der Waals surface area contributed by atoms with Gasteiger partial charge in [0.15, 0.2) is 5.65 Å². The molecule has 2 aromatic heterocycles. The lowest BCUT2D eigenvalue weighted by Gasteiger charge is -2.35. The number of piperidine rings is 1. The summed E-state index contributed by atoms with van der Waals surface area (Å²) < 4.78 is 12.5. The average molecular weight is 409 g/mol. The lowest BCUT2D eigenvalue weighted by molar-refractivity contribution is 0.0526. The molecule has 0 atom stereocenters. The normalized spacial score (nSPS) is 14.9. The second-order valence-electron chi connectivity index (χ2n) is 7.69. The van der Waals surface area contributed by atoms with Crippen LogP contribution in [0.25, 0.3) is 11.0 Å². The minimum absolute atomic E-state index is 0.333. The SMILES string of the molecule is CCOC(=O)c1cnc2c(c(C)nn2C)c1N1CCC(c2cccc(OC)c2)CC1. The van der Waals surface area contributed by atoms with Gasteiger partial charge in [-0.05, 0) is 50.3 Å². The van der Waals surface area contributed by atoms with Crippen molar-refractivity contribution in [3.8, 4) is 5.75 Å². The summed E-state index contributed by atoms with van der Waals surface area (Å²) in [6.45, 7) is 5.81. The summed E-state index contributed by atoms with van der Waals surface area (Å²) in [5.41, 5.74) is 4.37. The van der Waals surface area contributed by atoms with Crippen LogP contribution in [-0.4, -0.2) is 47.5 Å². The van der Waals surface area contributed by atoms with Gasteiger partial charge < -0.3 is 14.4 Å². The van der Waals surface area contributed by atoms with Gasteiger partial charge >= 0.3 is 5.97 Å². The van der Waals surface area contributed by atoms with Crippen molar-refractivity contribution in [2.45, 2.75) is 32.6 Å². The molecule has 0 amide bonds. The molecule has 0 N–H and O–H groups in total. The summed E-state index contributed by atoms with van der Waals surface area (Å²) in [5, 5.41) is 5.47. The maximum absolute atomic E-state index is 12.7. The Balaban J connectivity index is 1.67. The molecule has 0 bridgehead atoms. The molecule has 1 aliphatic rings. The highest BCUT2D eigenvalue weighted by molar-refractivity contribution is 6.05. The largest absolute Gasteiger partial charge is 0.497 e. The molecule has 7 nitrogen and oxygen atoms in total. The highest BCUT2D eigenvalue weighted by atomic mass is 16.5. The van der Waals surface area contributed by atoms with Crippen molar-refractivity contribution < 1.29 is 14.3 Å². The van der Waals surface area contributed by atoms with Crippen LogP contribution in [0.1, 0.15) is 47.3 Å². The van der Waals surface area contributed by atoms with Crippen LogP contribution in [0.3, 0.4) is 0 Å². The molecule has 0 spiro atoms. The van der Waals surface area contributed by atoms with Crippen molar-refractivity contribution in [2.24, 2.45) is 7.05 Å². The molecule has 7 heteroatoms. The summed E-state index contributed by atoms with van der Waals surface area (Å²) in [7, 11) is 3.58. The Morgan fingerprint density at radius 2 is 2.03 bits per heavy atom. The third-order valence-electron chi connectivity index (χ3n) is 5.87. The van der Waals surface area contributed by atoms with Crippen molar-refractivity contribution in [3.63, 3.8) is 0 Å². The highest BCUT2D eigenvalue weighted by Crippen LogP contribution is 2.37. The smallest absolute Gasteiger partial charge is 0.341 e. The average Bonchev–Trinajstić information content (AvgIpc) is 3.07. The first-order chi connectivity index (χ1) is 14.5. The fraction of sp³-hybridized carbons (Fsp3) is 0.435. The maximum Gasteiger partial charge on any atom is 0.341 e. The van der Waals surface area contributed by atoms with Crippen molar-refractivity contribution in [2.75, 3.05) is 31.7 Å². The quantitative estimate of drug-likeness (QED) is 0.598. The Hall–Kier alpha value is -3.09. The van der Waals surface area contributed by atoms with Crippen LogP contribution < -0.4 is 9.64 Å². The number of nitrogens with zero attached hydrogens (tertiary/aromatic N) is 4. The number of esters is 1. The van der Waals surface area contributed by atoms with Crippen LogP contribution >= 0.6 is 0 Å². The van der Waals surface area contributed by atoms with Crippen LogP contribution in [0.4, 0.5) is 5.69 Å². The number of methoxy groups -OCH3 is 1. The van der Waals surface area contributed by atoms with E-state index in [1.807, 2.05) is 33.0 Å². The van der Waals surface area contributed by atoms with E-state index in [1.54, 1.807) is 18.0 Å². The van der Waals surface area contributed by atoms with Crippen molar-refractivity contribution in [3.05, 3.63) is 47.3 Å². The molecule has 0 unspecified atom stereocenters. The van der Waals surface area contributed by atoms with Crippen LogP contribution in [0.2, 0.25) is 0 Å². The van der Waals surface area contributed by atoms with Crippen LogP contribution in [0.15, 0.2) is 30.5 Å². The van der Waals surface area contributed by atoms with Crippen molar-refractivity contribution >= 4 is 22.7 Å². The van der Waals surface area contributed by atoms with Gasteiger partial charge in [-0.15, -0.1) is 0 Å². The van der Waals surface area contributed by atoms with E-state index in [1.165, 1.54) is 5.56 Å². The Morgan fingerprint density at radius 3 is 2.73 bits per heavy atom. The summed E-state index contributed by atoms with van der Waals surface area (Å²) in [6.07, 6.45) is 3.63. The Labute approximate surface area is 176 Å². The molecular formula is C23H28N4O3. The third kappa shape index (κ3) is 3.60. The number of hydrogen-bond donors (Lipinski definition) is 0. The van der Waals surface area contributed by atoms with Gasteiger partial charge in [-0.2, -0.15) is 5.10 Å². The number of carbonyl (C=O) groups excluding carboxylic acids is 1. The molecule has 3 heterocycles. The first-order valence-corrected chi connectivity index (χ1v) is 10.4. The van der Waals surface area contributed by atoms with Crippen molar-refractivity contribution in [1.29, 1.82) is 0 Å². The van der Waals surface area contributed by atoms with E-state index in [4.69, 9.17) is 9.47 Å². The zero-order valence-corrected chi connectivity index (χ0v) is 18.0. The predicted octanol–water partition coefficient (Wildman–Crippen LogP) is 3.85. The van der Waals surface area contributed by atoms with Gasteiger partial charge in [0.1, 0.15) is 11.3 Å². The van der Waals surface area contributed by atoms with Gasteiger partial charge in [-0.3, -0.25) is 4.68 Å². The lowest BCUT2D eigenvalue weighted by Crippen LogP contribution is -2.34. The monoisotopic (exact) mass is 408 g/mol. The number of fused-ring (bicyclic) bond motifs is 1. The number of aromatic nitrogens is 3. The summed E-state index contributed by atoms with van der Waals surface area (Å²) in [5.74, 6) is 1.02. The first kappa shape index (κ1) is 20.2. The number of aryl methyl sites for hydroxylation is 2. The molecule has 1 aromatic carbocycles. The summed E-state index contributed by atoms with van der Waals surface area (Å²) in [6, 6.07) is 8.32. The van der Waals surface area contributed by atoms with Gasteiger partial charge in [0.25, 0.3) is 0 Å². The Bertz CT molecular complexity index is 1070. The molecule has 0 radical (unpaired) electrons. The molecule has 0 aliphatic carbocycles. The van der Waals surface area contributed by atoms with Gasteiger partial charge in [0.05, 0.1) is 30.5 Å². The molecule has 30 heavy (non-hydrogen) atoms. The number of benzene rings is 1. The highest BCUT2D eigenvalue weighted by Gasteiger charge is 2.28. The molecular weight excluding hydrogens is 380 g/mol. The van der Waals surface area contributed by atoms with E-state index in [0.717, 1.165) is 54.1 Å². The number of rotatable bonds is 5. The molecule has 3 aromatic rings. The Morgan fingerprint density at radius 1 is 1.27 bits per heavy atom. The molecule has 1 saturated heterocycles. The van der Waals surface area contributed by atoms with E-state index in [-0.39, 0.29) is 5.97 Å². The second-order valence-corrected chi connectivity index (χ2v) is 7.69. The van der Waals surface area contributed by atoms with Crippen molar-refractivity contribution in [1.82, 2.24) is 14.8 Å². The lowest BCUT2D eigenvalue weighted by atomic mass is 9.89. The van der Waals surface area contributed by atoms with Gasteiger partial charge in [-0.1, -0.05) is 12.1 Å². The first-order valence-electron chi connectivity index (χ1n) is 10.4. The van der Waals surface area contributed by atoms with E-state index in [2.05, 4.69) is 27.1 Å². The van der Waals surface area contributed by atoms with Gasteiger partial charge in [0, 0.05) is 26.3 Å². The third-order valence-corrected chi connectivity index (χ3v) is 5.87. The zero-order valence-electron chi connectivity index (χ0n) is 18.0. The molecule has 4 rings (SSSR count). The minimum Gasteiger partial charge on any atom is -0.497 e. The predicted molar refractivity (Wildman–Crippen MR) is 116 cm³/mol. The summed E-state index contributed by atoms with van der Waals surface area (Å²) in [4.78, 5) is 19.5. The molecule has 158 valence electrons. The number of carbonyl (C=O) groups is 1. The fourth-order valence-corrected chi connectivity index (χ4v) is 4.41. The number of anilines is 1. The Kier molecular flexibility index (Phi) is 5.61.